The first kappa shape index (κ1) is 17.5. The molecule has 1 aromatic rings. The van der Waals surface area contributed by atoms with Crippen molar-refractivity contribution in [3.05, 3.63) is 35.4 Å². The van der Waals surface area contributed by atoms with Crippen LogP contribution in [-0.4, -0.2) is 30.6 Å². The maximum Gasteiger partial charge on any atom is 0.251 e. The summed E-state index contributed by atoms with van der Waals surface area (Å²) in [7, 11) is 0. The Morgan fingerprint density at radius 1 is 1.26 bits per heavy atom. The number of nitrogens with one attached hydrogen (secondary N) is 1. The highest BCUT2D eigenvalue weighted by Crippen LogP contribution is 2.26. The molecule has 2 atom stereocenters. The van der Waals surface area contributed by atoms with Crippen molar-refractivity contribution in [1.29, 1.82) is 0 Å². The molecule has 2 unspecified atom stereocenters. The summed E-state index contributed by atoms with van der Waals surface area (Å²) in [4.78, 5) is 23.2. The number of primary amides is 1. The van der Waals surface area contributed by atoms with Crippen LogP contribution in [-0.2, 0) is 14.9 Å². The second kappa shape index (κ2) is 7.13. The standard InChI is InChI=1S/C18H26N2O3/c1-4-18(2,3)13-7-5-12(6-8-13)17(22)20-11-14-9-10-15(23-14)16(19)21/h5-8,14-15H,4,9-11H2,1-3H3,(H2,19,21)(H,20,22). The zero-order valence-electron chi connectivity index (χ0n) is 14.1. The largest absolute Gasteiger partial charge is 0.367 e. The Balaban J connectivity index is 1.88. The van der Waals surface area contributed by atoms with Gasteiger partial charge in [-0.05, 0) is 42.4 Å². The number of ether oxygens (including phenoxy) is 1. The highest BCUT2D eigenvalue weighted by molar-refractivity contribution is 5.94. The average Bonchev–Trinajstić information content (AvgIpc) is 3.02. The normalized spacial score (nSPS) is 21.2. The van der Waals surface area contributed by atoms with Crippen LogP contribution in [0.3, 0.4) is 0 Å². The molecule has 1 heterocycles. The number of benzene rings is 1. The molecule has 1 aromatic carbocycles. The second-order valence-corrected chi connectivity index (χ2v) is 6.75. The fraction of sp³-hybridized carbons (Fsp3) is 0.556. The lowest BCUT2D eigenvalue weighted by molar-refractivity contribution is -0.128. The molecule has 0 spiro atoms. The number of hydrogen-bond acceptors (Lipinski definition) is 3. The molecule has 1 aliphatic heterocycles. The van der Waals surface area contributed by atoms with Crippen LogP contribution >= 0.6 is 0 Å². The first-order valence-electron chi connectivity index (χ1n) is 8.17. The predicted octanol–water partition coefficient (Wildman–Crippen LogP) is 2.14. The van der Waals surface area contributed by atoms with E-state index in [-0.39, 0.29) is 17.4 Å². The summed E-state index contributed by atoms with van der Waals surface area (Å²) in [5, 5.41) is 2.86. The SMILES string of the molecule is CCC(C)(C)c1ccc(C(=O)NCC2CCC(C(N)=O)O2)cc1. The van der Waals surface area contributed by atoms with Gasteiger partial charge in [0.2, 0.25) is 5.91 Å². The summed E-state index contributed by atoms with van der Waals surface area (Å²) in [5.74, 6) is -0.565. The summed E-state index contributed by atoms with van der Waals surface area (Å²) in [6.07, 6.45) is 1.73. The zero-order valence-corrected chi connectivity index (χ0v) is 14.1. The highest BCUT2D eigenvalue weighted by atomic mass is 16.5. The fourth-order valence-corrected chi connectivity index (χ4v) is 2.65. The molecule has 5 nitrogen and oxygen atoms in total. The van der Waals surface area contributed by atoms with E-state index in [0.29, 0.717) is 18.5 Å². The number of nitrogens with two attached hydrogens (primary N) is 1. The van der Waals surface area contributed by atoms with Crippen LogP contribution in [0.5, 0.6) is 0 Å². The van der Waals surface area contributed by atoms with Crippen molar-refractivity contribution in [2.75, 3.05) is 6.54 Å². The third-order valence-corrected chi connectivity index (χ3v) is 4.73. The van der Waals surface area contributed by atoms with E-state index in [9.17, 15) is 9.59 Å². The molecular weight excluding hydrogens is 292 g/mol. The molecule has 23 heavy (non-hydrogen) atoms. The summed E-state index contributed by atoms with van der Waals surface area (Å²) in [5.41, 5.74) is 7.18. The minimum atomic E-state index is -0.521. The molecule has 3 N–H and O–H groups in total. The average molecular weight is 318 g/mol. The Morgan fingerprint density at radius 3 is 2.43 bits per heavy atom. The molecule has 2 amide bonds. The van der Waals surface area contributed by atoms with E-state index in [4.69, 9.17) is 10.5 Å². The number of rotatable bonds is 6. The van der Waals surface area contributed by atoms with Gasteiger partial charge in [0, 0.05) is 12.1 Å². The first-order chi connectivity index (χ1) is 10.8. The Kier molecular flexibility index (Phi) is 5.42. The van der Waals surface area contributed by atoms with Gasteiger partial charge in [0.25, 0.3) is 5.91 Å². The van der Waals surface area contributed by atoms with E-state index in [1.54, 1.807) is 0 Å². The Morgan fingerprint density at radius 2 is 1.91 bits per heavy atom. The van der Waals surface area contributed by atoms with Crippen molar-refractivity contribution < 1.29 is 14.3 Å². The number of amides is 2. The third-order valence-electron chi connectivity index (χ3n) is 4.73. The van der Waals surface area contributed by atoms with Crippen molar-refractivity contribution >= 4 is 11.8 Å². The molecule has 1 aliphatic rings. The van der Waals surface area contributed by atoms with Gasteiger partial charge in [0.05, 0.1) is 6.10 Å². The first-order valence-corrected chi connectivity index (χ1v) is 8.17. The molecule has 1 saturated heterocycles. The van der Waals surface area contributed by atoms with Crippen molar-refractivity contribution in [3.63, 3.8) is 0 Å². The second-order valence-electron chi connectivity index (χ2n) is 6.75. The topological polar surface area (TPSA) is 81.4 Å². The van der Waals surface area contributed by atoms with Crippen molar-refractivity contribution in [3.8, 4) is 0 Å². The number of carbonyl (C=O) groups is 2. The van der Waals surface area contributed by atoms with Crippen LogP contribution in [0.1, 0.15) is 56.0 Å². The Labute approximate surface area is 137 Å². The Hall–Kier alpha value is -1.88. The molecule has 126 valence electrons. The maximum atomic E-state index is 12.2. The molecular formula is C18H26N2O3. The lowest BCUT2D eigenvalue weighted by atomic mass is 9.82. The minimum Gasteiger partial charge on any atom is -0.367 e. The third kappa shape index (κ3) is 4.32. The van der Waals surface area contributed by atoms with Gasteiger partial charge in [-0.2, -0.15) is 0 Å². The van der Waals surface area contributed by atoms with Gasteiger partial charge in [-0.1, -0.05) is 32.9 Å². The van der Waals surface area contributed by atoms with E-state index < -0.39 is 12.0 Å². The van der Waals surface area contributed by atoms with Gasteiger partial charge in [0.15, 0.2) is 0 Å². The van der Waals surface area contributed by atoms with Crippen molar-refractivity contribution in [1.82, 2.24) is 5.32 Å². The van der Waals surface area contributed by atoms with Gasteiger partial charge < -0.3 is 15.8 Å². The molecule has 5 heteroatoms. The monoisotopic (exact) mass is 318 g/mol. The Bertz CT molecular complexity index is 566. The fourth-order valence-electron chi connectivity index (χ4n) is 2.65. The van der Waals surface area contributed by atoms with Gasteiger partial charge in [-0.25, -0.2) is 0 Å². The lowest BCUT2D eigenvalue weighted by Crippen LogP contribution is -2.34. The molecule has 0 saturated carbocycles. The quantitative estimate of drug-likeness (QED) is 0.843. The minimum absolute atomic E-state index is 0.108. The summed E-state index contributed by atoms with van der Waals surface area (Å²) < 4.78 is 5.50. The van der Waals surface area contributed by atoms with Gasteiger partial charge >= 0.3 is 0 Å². The zero-order chi connectivity index (χ0) is 17.0. The van der Waals surface area contributed by atoms with Gasteiger partial charge in [-0.15, -0.1) is 0 Å². The van der Waals surface area contributed by atoms with Gasteiger partial charge in [0.1, 0.15) is 6.10 Å². The van der Waals surface area contributed by atoms with Crippen LogP contribution in [0.4, 0.5) is 0 Å². The molecule has 1 fully saturated rings. The van der Waals surface area contributed by atoms with Crippen LogP contribution < -0.4 is 11.1 Å². The molecule has 0 radical (unpaired) electrons. The van der Waals surface area contributed by atoms with E-state index in [2.05, 4.69) is 26.1 Å². The van der Waals surface area contributed by atoms with Crippen LogP contribution in [0.25, 0.3) is 0 Å². The molecule has 0 aromatic heterocycles. The summed E-state index contributed by atoms with van der Waals surface area (Å²) in [6.45, 7) is 6.93. The van der Waals surface area contributed by atoms with Crippen LogP contribution in [0, 0.1) is 0 Å². The number of hydrogen-bond donors (Lipinski definition) is 2. The van der Waals surface area contributed by atoms with E-state index in [1.807, 2.05) is 24.3 Å². The van der Waals surface area contributed by atoms with E-state index in [1.165, 1.54) is 5.56 Å². The maximum absolute atomic E-state index is 12.2. The molecule has 0 aliphatic carbocycles. The van der Waals surface area contributed by atoms with E-state index >= 15 is 0 Å². The van der Waals surface area contributed by atoms with Gasteiger partial charge in [-0.3, -0.25) is 9.59 Å². The predicted molar refractivity (Wildman–Crippen MR) is 89.2 cm³/mol. The molecule has 0 bridgehead atoms. The molecule has 2 rings (SSSR count). The van der Waals surface area contributed by atoms with Crippen molar-refractivity contribution in [2.24, 2.45) is 5.73 Å². The smallest absolute Gasteiger partial charge is 0.251 e. The van der Waals surface area contributed by atoms with E-state index in [0.717, 1.165) is 12.8 Å². The lowest BCUT2D eigenvalue weighted by Gasteiger charge is -2.23. The van der Waals surface area contributed by atoms with Crippen LogP contribution in [0.2, 0.25) is 0 Å². The summed E-state index contributed by atoms with van der Waals surface area (Å²) in [6, 6.07) is 7.72. The summed E-state index contributed by atoms with van der Waals surface area (Å²) >= 11 is 0. The highest BCUT2D eigenvalue weighted by Gasteiger charge is 2.29. The number of carbonyl (C=O) groups excluding carboxylic acids is 2. The van der Waals surface area contributed by atoms with Crippen LogP contribution in [0.15, 0.2) is 24.3 Å². The van der Waals surface area contributed by atoms with Crippen molar-refractivity contribution in [2.45, 2.75) is 57.7 Å².